The molecule has 7 heteroatoms. The zero-order valence-corrected chi connectivity index (χ0v) is 10.2. The second kappa shape index (κ2) is 5.57. The molecule has 1 amide bonds. The smallest absolute Gasteiger partial charge is 0.273 e. The molecule has 1 aromatic heterocycles. The Morgan fingerprint density at radius 2 is 2.11 bits per heavy atom. The Labute approximate surface area is 108 Å². The molecule has 2 unspecified atom stereocenters. The van der Waals surface area contributed by atoms with Gasteiger partial charge in [0.25, 0.3) is 5.91 Å². The molecular weight excluding hydrogens is 251 g/mol. The first-order chi connectivity index (χ1) is 9.08. The predicted molar refractivity (Wildman–Crippen MR) is 64.7 cm³/mol. The van der Waals surface area contributed by atoms with Crippen molar-refractivity contribution in [2.24, 2.45) is 0 Å². The van der Waals surface area contributed by atoms with Crippen LogP contribution in [0.4, 0.5) is 4.39 Å². The number of halogens is 1. The summed E-state index contributed by atoms with van der Waals surface area (Å²) in [5, 5.41) is 22.1. The third-order valence-corrected chi connectivity index (χ3v) is 2.69. The van der Waals surface area contributed by atoms with Gasteiger partial charge in [-0.25, -0.2) is 4.39 Å². The van der Waals surface area contributed by atoms with Crippen LogP contribution in [0, 0.1) is 5.82 Å². The minimum atomic E-state index is -0.934. The number of rotatable bonds is 4. The number of H-pyrrole nitrogens is 1. The van der Waals surface area contributed by atoms with Gasteiger partial charge in [0, 0.05) is 0 Å². The molecule has 3 N–H and O–H groups in total. The second-order valence-corrected chi connectivity index (χ2v) is 4.11. The maximum Gasteiger partial charge on any atom is 0.273 e. The highest BCUT2D eigenvalue weighted by molar-refractivity contribution is 5.92. The molecule has 6 nitrogen and oxygen atoms in total. The SMILES string of the molecule is CC(NC(=O)c1cn[nH]n1)C(O)c1ccc(F)cc1. The van der Waals surface area contributed by atoms with Crippen molar-refractivity contribution in [3.8, 4) is 0 Å². The highest BCUT2D eigenvalue weighted by Crippen LogP contribution is 2.17. The first kappa shape index (κ1) is 13.2. The largest absolute Gasteiger partial charge is 0.386 e. The standard InChI is InChI=1S/C12H13FN4O2/c1-7(15-12(19)10-6-14-17-16-10)11(18)8-2-4-9(13)5-3-8/h2-7,11,18H,1H3,(H,15,19)(H,14,16,17). The van der Waals surface area contributed by atoms with Crippen LogP contribution >= 0.6 is 0 Å². The van der Waals surface area contributed by atoms with Crippen LogP contribution in [-0.2, 0) is 0 Å². The van der Waals surface area contributed by atoms with E-state index < -0.39 is 18.1 Å². The van der Waals surface area contributed by atoms with E-state index in [1.54, 1.807) is 6.92 Å². The Morgan fingerprint density at radius 1 is 1.42 bits per heavy atom. The Bertz CT molecular complexity index is 541. The minimum Gasteiger partial charge on any atom is -0.386 e. The Hall–Kier alpha value is -2.28. The maximum absolute atomic E-state index is 12.8. The molecule has 0 aliphatic carbocycles. The summed E-state index contributed by atoms with van der Waals surface area (Å²) in [5.74, 6) is -0.822. The van der Waals surface area contributed by atoms with Gasteiger partial charge in [0.2, 0.25) is 0 Å². The van der Waals surface area contributed by atoms with Crippen LogP contribution in [0.5, 0.6) is 0 Å². The average Bonchev–Trinajstić information content (AvgIpc) is 2.92. The minimum absolute atomic E-state index is 0.137. The lowest BCUT2D eigenvalue weighted by Crippen LogP contribution is -2.37. The van der Waals surface area contributed by atoms with Gasteiger partial charge in [-0.2, -0.15) is 15.4 Å². The fourth-order valence-electron chi connectivity index (χ4n) is 1.62. The van der Waals surface area contributed by atoms with E-state index in [-0.39, 0.29) is 11.5 Å². The van der Waals surface area contributed by atoms with Crippen molar-refractivity contribution in [2.75, 3.05) is 0 Å². The molecule has 0 bridgehead atoms. The number of carbonyl (C=O) groups is 1. The molecule has 2 atom stereocenters. The van der Waals surface area contributed by atoms with Crippen LogP contribution in [0.25, 0.3) is 0 Å². The second-order valence-electron chi connectivity index (χ2n) is 4.11. The van der Waals surface area contributed by atoms with Crippen molar-refractivity contribution < 1.29 is 14.3 Å². The number of hydrogen-bond acceptors (Lipinski definition) is 4. The molecule has 100 valence electrons. The van der Waals surface area contributed by atoms with Crippen LogP contribution < -0.4 is 5.32 Å². The van der Waals surface area contributed by atoms with Crippen molar-refractivity contribution in [3.63, 3.8) is 0 Å². The Morgan fingerprint density at radius 3 is 2.68 bits per heavy atom. The molecule has 19 heavy (non-hydrogen) atoms. The number of aromatic amines is 1. The fraction of sp³-hybridized carbons (Fsp3) is 0.250. The molecule has 0 saturated carbocycles. The molecule has 0 aliphatic heterocycles. The van der Waals surface area contributed by atoms with Gasteiger partial charge in [-0.3, -0.25) is 4.79 Å². The van der Waals surface area contributed by atoms with E-state index in [2.05, 4.69) is 20.7 Å². The quantitative estimate of drug-likeness (QED) is 0.761. The predicted octanol–water partition coefficient (Wildman–Crippen LogP) is 0.796. The van der Waals surface area contributed by atoms with Gasteiger partial charge < -0.3 is 10.4 Å². The summed E-state index contributed by atoms with van der Waals surface area (Å²) in [6.07, 6.45) is 0.350. The lowest BCUT2D eigenvalue weighted by Gasteiger charge is -2.20. The molecule has 0 spiro atoms. The molecule has 2 rings (SSSR count). The van der Waals surface area contributed by atoms with E-state index in [1.165, 1.54) is 30.5 Å². The highest BCUT2D eigenvalue weighted by Gasteiger charge is 2.20. The average molecular weight is 264 g/mol. The fourth-order valence-corrected chi connectivity index (χ4v) is 1.62. The zero-order chi connectivity index (χ0) is 13.8. The van der Waals surface area contributed by atoms with E-state index in [0.29, 0.717) is 5.56 Å². The summed E-state index contributed by atoms with van der Waals surface area (Å²) in [6.45, 7) is 1.64. The van der Waals surface area contributed by atoms with Crippen LogP contribution in [0.1, 0.15) is 29.1 Å². The maximum atomic E-state index is 12.8. The number of nitrogens with one attached hydrogen (secondary N) is 2. The van der Waals surface area contributed by atoms with Crippen molar-refractivity contribution in [1.82, 2.24) is 20.7 Å². The Balaban J connectivity index is 2.01. The van der Waals surface area contributed by atoms with E-state index >= 15 is 0 Å². The van der Waals surface area contributed by atoms with Gasteiger partial charge in [-0.05, 0) is 24.6 Å². The number of benzene rings is 1. The normalized spacial score (nSPS) is 13.8. The third-order valence-electron chi connectivity index (χ3n) is 2.69. The van der Waals surface area contributed by atoms with Crippen LogP contribution in [-0.4, -0.2) is 32.5 Å². The van der Waals surface area contributed by atoms with E-state index in [1.807, 2.05) is 0 Å². The number of aliphatic hydroxyl groups is 1. The molecule has 0 radical (unpaired) electrons. The van der Waals surface area contributed by atoms with Gasteiger partial charge >= 0.3 is 0 Å². The highest BCUT2D eigenvalue weighted by atomic mass is 19.1. The van der Waals surface area contributed by atoms with E-state index in [9.17, 15) is 14.3 Å². The first-order valence-corrected chi connectivity index (χ1v) is 5.68. The first-order valence-electron chi connectivity index (χ1n) is 5.68. The molecule has 1 heterocycles. The van der Waals surface area contributed by atoms with E-state index in [0.717, 1.165) is 0 Å². The van der Waals surface area contributed by atoms with Crippen LogP contribution in [0.3, 0.4) is 0 Å². The van der Waals surface area contributed by atoms with E-state index in [4.69, 9.17) is 0 Å². The number of hydrogen-bond donors (Lipinski definition) is 3. The third kappa shape index (κ3) is 3.14. The summed E-state index contributed by atoms with van der Waals surface area (Å²) in [7, 11) is 0. The summed E-state index contributed by atoms with van der Waals surface area (Å²) in [4.78, 5) is 11.7. The summed E-state index contributed by atoms with van der Waals surface area (Å²) < 4.78 is 12.8. The molecule has 0 saturated heterocycles. The van der Waals surface area contributed by atoms with Crippen molar-refractivity contribution >= 4 is 5.91 Å². The van der Waals surface area contributed by atoms with Crippen molar-refractivity contribution in [1.29, 1.82) is 0 Å². The summed E-state index contributed by atoms with van der Waals surface area (Å²) in [5.41, 5.74) is 0.660. The number of nitrogens with zero attached hydrogens (tertiary/aromatic N) is 2. The zero-order valence-electron chi connectivity index (χ0n) is 10.2. The summed E-state index contributed by atoms with van der Waals surface area (Å²) >= 11 is 0. The monoisotopic (exact) mass is 264 g/mol. The molecule has 0 fully saturated rings. The number of aliphatic hydroxyl groups excluding tert-OH is 1. The lowest BCUT2D eigenvalue weighted by atomic mass is 10.0. The van der Waals surface area contributed by atoms with Gasteiger partial charge in [0.15, 0.2) is 5.69 Å². The Kier molecular flexibility index (Phi) is 3.86. The van der Waals surface area contributed by atoms with Crippen molar-refractivity contribution in [3.05, 3.63) is 47.5 Å². The number of amides is 1. The van der Waals surface area contributed by atoms with Gasteiger partial charge in [-0.15, -0.1) is 0 Å². The lowest BCUT2D eigenvalue weighted by molar-refractivity contribution is 0.0847. The summed E-state index contributed by atoms with van der Waals surface area (Å²) in [6, 6.07) is 4.90. The van der Waals surface area contributed by atoms with Gasteiger partial charge in [0.1, 0.15) is 5.82 Å². The molecule has 1 aromatic carbocycles. The molecule has 2 aromatic rings. The van der Waals surface area contributed by atoms with Gasteiger partial charge in [-0.1, -0.05) is 12.1 Å². The number of aromatic nitrogens is 3. The van der Waals surface area contributed by atoms with Gasteiger partial charge in [0.05, 0.1) is 18.3 Å². The van der Waals surface area contributed by atoms with Crippen LogP contribution in [0.2, 0.25) is 0 Å². The molecule has 0 aliphatic rings. The number of carbonyl (C=O) groups excluding carboxylic acids is 1. The van der Waals surface area contributed by atoms with Crippen LogP contribution in [0.15, 0.2) is 30.5 Å². The molecular formula is C12H13FN4O2. The topological polar surface area (TPSA) is 90.9 Å². The van der Waals surface area contributed by atoms with Crippen molar-refractivity contribution in [2.45, 2.75) is 19.1 Å².